The minimum Gasteiger partial charge on any atom is -1.00 e. The van der Waals surface area contributed by atoms with Crippen LogP contribution in [0.2, 0.25) is 10.0 Å². The second kappa shape index (κ2) is 14.4. The number of nitrogens with zero attached hydrogens (tertiary/aromatic N) is 2. The number of aromatic nitrogens is 1. The van der Waals surface area contributed by atoms with Gasteiger partial charge in [-0.3, -0.25) is 0 Å². The van der Waals surface area contributed by atoms with Crippen LogP contribution in [0, 0.1) is 10.8 Å². The molecule has 0 fully saturated rings. The summed E-state index contributed by atoms with van der Waals surface area (Å²) in [6, 6.07) is 12.4. The maximum Gasteiger partial charge on any atom is 0.263 e. The number of hydrogen-bond acceptors (Lipinski definition) is 3. The molecule has 0 unspecified atom stereocenters. The van der Waals surface area contributed by atoms with Crippen LogP contribution in [0.3, 0.4) is 0 Å². The third-order valence-electron chi connectivity index (χ3n) is 8.78. The van der Waals surface area contributed by atoms with E-state index in [0.29, 0.717) is 0 Å². The van der Waals surface area contributed by atoms with E-state index in [0.717, 1.165) is 55.2 Å². The summed E-state index contributed by atoms with van der Waals surface area (Å²) in [6.07, 6.45) is 17.1. The number of fused-ring (bicyclic) bond motifs is 2. The average molecular weight is 802 g/mol. The van der Waals surface area contributed by atoms with Gasteiger partial charge in [0.1, 0.15) is 11.2 Å². The van der Waals surface area contributed by atoms with E-state index in [4.69, 9.17) is 23.2 Å². The van der Waals surface area contributed by atoms with E-state index in [9.17, 15) is 0 Å². The van der Waals surface area contributed by atoms with Gasteiger partial charge < -0.3 is 28.9 Å². The molecule has 0 saturated heterocycles. The van der Waals surface area contributed by atoms with Gasteiger partial charge in [0, 0.05) is 33.6 Å². The van der Waals surface area contributed by atoms with Crippen molar-refractivity contribution in [1.29, 1.82) is 0 Å². The van der Waals surface area contributed by atoms with E-state index in [-0.39, 0.29) is 34.8 Å². The van der Waals surface area contributed by atoms with E-state index in [1.807, 2.05) is 35.2 Å². The summed E-state index contributed by atoms with van der Waals surface area (Å²) in [7, 11) is 0. The molecule has 2 aromatic carbocycles. The number of thioether (sulfide) groups is 1. The van der Waals surface area contributed by atoms with Crippen LogP contribution >= 0.6 is 46.3 Å². The first-order chi connectivity index (χ1) is 21.4. The molecule has 3 aliphatic rings. The van der Waals surface area contributed by atoms with Gasteiger partial charge in [0.2, 0.25) is 5.52 Å². The SMILES string of the molecule is CCN1/C(=C\C2=CC(=C=CCC3=C/C(=C/c4sc5ccc(Cl)cc5[n+]4CC)CC(C)(C)C3)CC(C)(C)C2)Sc2ccc(Cl)cc21.[I-]. The largest absolute Gasteiger partial charge is 1.00 e. The molecule has 46 heavy (non-hydrogen) atoms. The molecule has 0 N–H and O–H groups in total. The topological polar surface area (TPSA) is 7.12 Å². The number of aryl methyl sites for hydroxylation is 1. The molecule has 6 rings (SSSR count). The Morgan fingerprint density at radius 3 is 2.41 bits per heavy atom. The summed E-state index contributed by atoms with van der Waals surface area (Å²) >= 11 is 16.4. The minimum absolute atomic E-state index is 0. The molecule has 0 saturated carbocycles. The minimum atomic E-state index is 0. The molecule has 0 bridgehead atoms. The predicted octanol–water partition coefficient (Wildman–Crippen LogP) is 9.34. The van der Waals surface area contributed by atoms with Crippen molar-refractivity contribution in [3.8, 4) is 0 Å². The lowest BCUT2D eigenvalue weighted by Gasteiger charge is -2.31. The van der Waals surface area contributed by atoms with Crippen LogP contribution < -0.4 is 33.4 Å². The van der Waals surface area contributed by atoms with E-state index in [1.165, 1.54) is 53.1 Å². The number of thiazole rings is 1. The van der Waals surface area contributed by atoms with Gasteiger partial charge in [0.15, 0.2) is 0 Å². The second-order valence-electron chi connectivity index (χ2n) is 14.1. The maximum atomic E-state index is 6.35. The number of hydrogen-bond donors (Lipinski definition) is 0. The Bertz CT molecular complexity index is 1850. The molecule has 2 nitrogen and oxygen atoms in total. The molecule has 0 amide bonds. The van der Waals surface area contributed by atoms with E-state index < -0.39 is 0 Å². The zero-order chi connectivity index (χ0) is 31.9. The lowest BCUT2D eigenvalue weighted by atomic mass is 9.74. The van der Waals surface area contributed by atoms with Gasteiger partial charge in [-0.2, -0.15) is 4.57 Å². The fourth-order valence-electron chi connectivity index (χ4n) is 7.11. The smallest absolute Gasteiger partial charge is 0.263 e. The van der Waals surface area contributed by atoms with Crippen molar-refractivity contribution in [3.63, 3.8) is 0 Å². The van der Waals surface area contributed by atoms with E-state index in [2.05, 4.69) is 111 Å². The van der Waals surface area contributed by atoms with E-state index >= 15 is 0 Å². The highest BCUT2D eigenvalue weighted by atomic mass is 127. The molecular weight excluding hydrogens is 758 g/mol. The van der Waals surface area contributed by atoms with Crippen molar-refractivity contribution in [2.45, 2.75) is 85.1 Å². The highest BCUT2D eigenvalue weighted by molar-refractivity contribution is 8.03. The third-order valence-corrected chi connectivity index (χ3v) is 11.5. The van der Waals surface area contributed by atoms with Crippen molar-refractivity contribution < 1.29 is 28.5 Å². The molecule has 0 atom stereocenters. The van der Waals surface area contributed by atoms with Crippen LogP contribution in [0.1, 0.15) is 78.7 Å². The summed E-state index contributed by atoms with van der Waals surface area (Å²) in [5.41, 5.74) is 12.2. The summed E-state index contributed by atoms with van der Waals surface area (Å²) in [6.45, 7) is 15.8. The van der Waals surface area contributed by atoms with Crippen LogP contribution in [0.15, 0.2) is 98.7 Å². The number of rotatable bonds is 6. The van der Waals surface area contributed by atoms with Gasteiger partial charge in [-0.05, 0) is 122 Å². The lowest BCUT2D eigenvalue weighted by Crippen LogP contribution is -3.00. The van der Waals surface area contributed by atoms with Crippen molar-refractivity contribution in [2.24, 2.45) is 10.8 Å². The normalized spacial score (nSPS) is 20.3. The van der Waals surface area contributed by atoms with Gasteiger partial charge in [0.25, 0.3) is 5.01 Å². The monoisotopic (exact) mass is 800 g/mol. The number of anilines is 1. The zero-order valence-electron chi connectivity index (χ0n) is 27.6. The molecule has 1 aliphatic heterocycles. The average Bonchev–Trinajstić information content (AvgIpc) is 3.46. The Hall–Kier alpha value is -1.73. The van der Waals surface area contributed by atoms with Crippen molar-refractivity contribution >= 4 is 68.3 Å². The van der Waals surface area contributed by atoms with Gasteiger partial charge in [-0.1, -0.05) is 85.6 Å². The van der Waals surface area contributed by atoms with Crippen LogP contribution in [0.25, 0.3) is 16.3 Å². The summed E-state index contributed by atoms with van der Waals surface area (Å²) in [5, 5.41) is 4.15. The Kier molecular flexibility index (Phi) is 11.1. The van der Waals surface area contributed by atoms with Crippen molar-refractivity contribution in [3.05, 3.63) is 109 Å². The first-order valence-corrected chi connectivity index (χ1v) is 18.4. The van der Waals surface area contributed by atoms with Gasteiger partial charge in [-0.15, -0.1) is 5.73 Å². The summed E-state index contributed by atoms with van der Waals surface area (Å²) in [4.78, 5) is 3.66. The van der Waals surface area contributed by atoms with E-state index in [1.54, 1.807) is 0 Å². The molecule has 3 aromatic rings. The fraction of sp³-hybridized carbons (Fsp3) is 0.385. The quantitative estimate of drug-likeness (QED) is 0.140. The summed E-state index contributed by atoms with van der Waals surface area (Å²) < 4.78 is 3.67. The first-order valence-electron chi connectivity index (χ1n) is 16.0. The molecule has 0 radical (unpaired) electrons. The van der Waals surface area contributed by atoms with Crippen LogP contribution in [0.4, 0.5) is 5.69 Å². The van der Waals surface area contributed by atoms with Gasteiger partial charge in [-0.25, -0.2) is 0 Å². The highest BCUT2D eigenvalue weighted by Crippen LogP contribution is 2.48. The molecule has 242 valence electrons. The molecular formula is C39H43Cl2IN2S2. The molecule has 0 spiro atoms. The van der Waals surface area contributed by atoms with Crippen LogP contribution in [-0.2, 0) is 6.54 Å². The first kappa shape index (κ1) is 35.6. The molecule has 1 aromatic heterocycles. The van der Waals surface area contributed by atoms with Gasteiger partial charge >= 0.3 is 0 Å². The Labute approximate surface area is 310 Å². The Morgan fingerprint density at radius 1 is 0.913 bits per heavy atom. The Morgan fingerprint density at radius 2 is 1.65 bits per heavy atom. The van der Waals surface area contributed by atoms with Crippen LogP contribution in [0.5, 0.6) is 0 Å². The van der Waals surface area contributed by atoms with Crippen molar-refractivity contribution in [1.82, 2.24) is 0 Å². The molecule has 7 heteroatoms. The standard InChI is InChI=1S/C39H43Cl2N2S2.HI/c1-7-42-32-20-30(40)12-14-34(32)44-36(42)18-28-16-26(22-38(3,4)24-28)10-9-11-27-17-29(25-39(5,6)23-27)19-37-43(8-2)33-21-31(41)13-15-35(33)45-37;/h9,12-21H,7-8,10,22-25H2,1-6H3;1H/q+1;/p-1/b28-18-,37-19+;. The number of allylic oxidation sites excluding steroid dienone is 7. The molecule has 2 heterocycles. The highest BCUT2D eigenvalue weighted by Gasteiger charge is 2.29. The predicted molar refractivity (Wildman–Crippen MR) is 198 cm³/mol. The number of halogens is 3. The van der Waals surface area contributed by atoms with Gasteiger partial charge in [0.05, 0.1) is 10.7 Å². The van der Waals surface area contributed by atoms with Crippen molar-refractivity contribution in [2.75, 3.05) is 11.4 Å². The zero-order valence-corrected chi connectivity index (χ0v) is 32.9. The summed E-state index contributed by atoms with van der Waals surface area (Å²) in [5.74, 6) is 0. The maximum absolute atomic E-state index is 6.35. The third kappa shape index (κ3) is 8.10. The number of benzene rings is 2. The second-order valence-corrected chi connectivity index (χ2v) is 17.1. The molecule has 2 aliphatic carbocycles. The fourth-order valence-corrected chi connectivity index (χ4v) is 9.80. The lowest BCUT2D eigenvalue weighted by molar-refractivity contribution is -0.665. The Balaban J connectivity index is 0.00000417. The van der Waals surface area contributed by atoms with Crippen LogP contribution in [-0.4, -0.2) is 6.54 Å².